The number of amides is 3. The molecule has 1 aliphatic carbocycles. The van der Waals surface area contributed by atoms with Gasteiger partial charge in [0.05, 0.1) is 11.1 Å². The molecule has 4 saturated heterocycles. The highest BCUT2D eigenvalue weighted by Crippen LogP contribution is 2.70. The number of fused-ring (bicyclic) bond motifs is 5. The van der Waals surface area contributed by atoms with E-state index in [2.05, 4.69) is 24.5 Å². The average molecular weight is 448 g/mol. The Morgan fingerprint density at radius 1 is 1.09 bits per heavy atom. The first kappa shape index (κ1) is 19.6. The zero-order valence-corrected chi connectivity index (χ0v) is 19.5. The average Bonchev–Trinajstić information content (AvgIpc) is 3.35. The molecule has 6 aliphatic heterocycles. The standard InChI is InChI=1S/C26H29N3O4/c1-22(2)10-8-14-16(33-22)7-6-15-18(14)27-20(31)25(15)13-26-17(23(25,3)4)12-24(19(30)28-26)9-5-11-29(24)21(26)32/h6-8,10,17H,5,9,11-13H2,1-4H3,(H,27,31)(H,28,30)/t17-,24-,25-,26-/m0/s1. The first-order chi connectivity index (χ1) is 15.5. The minimum Gasteiger partial charge on any atom is -0.483 e. The molecular formula is C26H29N3O4. The summed E-state index contributed by atoms with van der Waals surface area (Å²) in [6.45, 7) is 8.86. The fraction of sp³-hybridized carbons (Fsp3) is 0.577. The molecule has 1 saturated carbocycles. The molecule has 7 heteroatoms. The Labute approximate surface area is 192 Å². The number of carbonyl (C=O) groups is 3. The number of hydrogen-bond acceptors (Lipinski definition) is 4. The van der Waals surface area contributed by atoms with Crippen LogP contribution in [0.4, 0.5) is 5.69 Å². The Bertz CT molecular complexity index is 1230. The number of rotatable bonds is 0. The van der Waals surface area contributed by atoms with Crippen LogP contribution in [0.1, 0.15) is 64.5 Å². The summed E-state index contributed by atoms with van der Waals surface area (Å²) in [5.41, 5.74) is -1.06. The highest BCUT2D eigenvalue weighted by Gasteiger charge is 2.80. The van der Waals surface area contributed by atoms with Crippen LogP contribution in [0.15, 0.2) is 18.2 Å². The van der Waals surface area contributed by atoms with Gasteiger partial charge >= 0.3 is 0 Å². The van der Waals surface area contributed by atoms with Gasteiger partial charge in [0.15, 0.2) is 0 Å². The lowest BCUT2D eigenvalue weighted by molar-refractivity contribution is -0.175. The second kappa shape index (κ2) is 5.29. The van der Waals surface area contributed by atoms with Crippen LogP contribution >= 0.6 is 0 Å². The molecule has 1 aromatic carbocycles. The molecule has 1 aromatic rings. The summed E-state index contributed by atoms with van der Waals surface area (Å²) < 4.78 is 6.15. The second-order valence-corrected chi connectivity index (χ2v) is 12.0. The predicted octanol–water partition coefficient (Wildman–Crippen LogP) is 2.74. The van der Waals surface area contributed by atoms with Crippen molar-refractivity contribution in [2.45, 2.75) is 75.5 Å². The van der Waals surface area contributed by atoms with Gasteiger partial charge in [0.1, 0.15) is 22.4 Å². The fourth-order valence-electron chi connectivity index (χ4n) is 8.24. The summed E-state index contributed by atoms with van der Waals surface area (Å²) in [6.07, 6.45) is 6.51. The molecule has 4 atom stereocenters. The van der Waals surface area contributed by atoms with E-state index >= 15 is 0 Å². The highest BCUT2D eigenvalue weighted by atomic mass is 16.5. The van der Waals surface area contributed by atoms with Crippen LogP contribution in [0.3, 0.4) is 0 Å². The summed E-state index contributed by atoms with van der Waals surface area (Å²) in [7, 11) is 0. The lowest BCUT2D eigenvalue weighted by atomic mass is 9.57. The number of anilines is 1. The molecule has 2 bridgehead atoms. The number of hydrogen-bond donors (Lipinski definition) is 2. The smallest absolute Gasteiger partial charge is 0.249 e. The van der Waals surface area contributed by atoms with Crippen molar-refractivity contribution in [2.24, 2.45) is 11.3 Å². The first-order valence-electron chi connectivity index (χ1n) is 12.0. The van der Waals surface area contributed by atoms with Crippen molar-refractivity contribution in [2.75, 3.05) is 11.9 Å². The summed E-state index contributed by atoms with van der Waals surface area (Å²) in [4.78, 5) is 43.0. The molecular weight excluding hydrogens is 418 g/mol. The first-order valence-corrected chi connectivity index (χ1v) is 12.0. The Morgan fingerprint density at radius 2 is 1.88 bits per heavy atom. The van der Waals surface area contributed by atoms with Crippen LogP contribution in [0.2, 0.25) is 0 Å². The second-order valence-electron chi connectivity index (χ2n) is 12.0. The maximum atomic E-state index is 13.9. The number of benzene rings is 1. The van der Waals surface area contributed by atoms with Crippen LogP contribution in [0.25, 0.3) is 6.08 Å². The molecule has 7 nitrogen and oxygen atoms in total. The zero-order chi connectivity index (χ0) is 23.2. The summed E-state index contributed by atoms with van der Waals surface area (Å²) in [5, 5.41) is 6.36. The van der Waals surface area contributed by atoms with E-state index in [1.54, 1.807) is 0 Å². The van der Waals surface area contributed by atoms with E-state index in [1.807, 2.05) is 43.0 Å². The molecule has 5 fully saturated rings. The van der Waals surface area contributed by atoms with Crippen molar-refractivity contribution < 1.29 is 19.1 Å². The zero-order valence-electron chi connectivity index (χ0n) is 19.5. The van der Waals surface area contributed by atoms with Gasteiger partial charge in [-0.3, -0.25) is 14.4 Å². The number of piperidine rings is 2. The number of ether oxygens (including phenoxy) is 1. The molecule has 3 spiro atoms. The lowest BCUT2D eigenvalue weighted by Gasteiger charge is -2.59. The van der Waals surface area contributed by atoms with Crippen molar-refractivity contribution in [3.8, 4) is 5.75 Å². The largest absolute Gasteiger partial charge is 0.483 e. The number of nitrogens with zero attached hydrogens (tertiary/aromatic N) is 1. The van der Waals surface area contributed by atoms with Crippen molar-refractivity contribution in [3.05, 3.63) is 29.3 Å². The topological polar surface area (TPSA) is 87.7 Å². The third-order valence-corrected chi connectivity index (χ3v) is 9.84. The molecule has 2 N–H and O–H groups in total. The van der Waals surface area contributed by atoms with E-state index in [9.17, 15) is 14.4 Å². The van der Waals surface area contributed by atoms with Gasteiger partial charge in [0.2, 0.25) is 17.7 Å². The van der Waals surface area contributed by atoms with Crippen molar-refractivity contribution >= 4 is 29.5 Å². The van der Waals surface area contributed by atoms with Crippen molar-refractivity contribution in [3.63, 3.8) is 0 Å². The minimum absolute atomic E-state index is 0.00462. The maximum Gasteiger partial charge on any atom is 0.249 e. The normalized spacial score (nSPS) is 40.2. The SMILES string of the molecule is CC1(C)C=Cc2c(ccc3c2NC(=O)[C@]32C[C@@]34NC(=O)[C@]5(CCCN5C3=O)C[C@H]4C2(C)C)O1. The quantitative estimate of drug-likeness (QED) is 0.640. The molecule has 3 amide bonds. The molecule has 6 heterocycles. The maximum absolute atomic E-state index is 13.9. The Balaban J connectivity index is 1.43. The predicted molar refractivity (Wildman–Crippen MR) is 122 cm³/mol. The molecule has 8 rings (SSSR count). The van der Waals surface area contributed by atoms with Gasteiger partial charge in [-0.2, -0.15) is 0 Å². The molecule has 33 heavy (non-hydrogen) atoms. The van der Waals surface area contributed by atoms with E-state index in [0.29, 0.717) is 25.8 Å². The van der Waals surface area contributed by atoms with E-state index in [4.69, 9.17) is 4.74 Å². The van der Waals surface area contributed by atoms with Crippen LogP contribution < -0.4 is 15.4 Å². The molecule has 0 aromatic heterocycles. The van der Waals surface area contributed by atoms with E-state index in [-0.39, 0.29) is 23.6 Å². The van der Waals surface area contributed by atoms with Gasteiger partial charge in [-0.05, 0) is 68.7 Å². The molecule has 0 radical (unpaired) electrons. The summed E-state index contributed by atoms with van der Waals surface area (Å²) in [5.74, 6) is 0.523. The number of piperazine rings is 1. The monoisotopic (exact) mass is 447 g/mol. The third-order valence-electron chi connectivity index (χ3n) is 9.84. The molecule has 0 unspecified atom stereocenters. The fourth-order valence-corrected chi connectivity index (χ4v) is 8.24. The number of nitrogens with one attached hydrogen (secondary N) is 2. The van der Waals surface area contributed by atoms with Gasteiger partial charge in [-0.25, -0.2) is 0 Å². The van der Waals surface area contributed by atoms with E-state index < -0.39 is 27.5 Å². The third kappa shape index (κ3) is 1.87. The van der Waals surface area contributed by atoms with E-state index in [1.165, 1.54) is 0 Å². The lowest BCUT2D eigenvalue weighted by Crippen LogP contribution is -2.81. The Morgan fingerprint density at radius 3 is 2.67 bits per heavy atom. The highest BCUT2D eigenvalue weighted by molar-refractivity contribution is 6.12. The van der Waals surface area contributed by atoms with Crippen molar-refractivity contribution in [1.29, 1.82) is 0 Å². The van der Waals surface area contributed by atoms with Crippen LogP contribution in [-0.4, -0.2) is 45.8 Å². The Hall–Kier alpha value is -2.83. The van der Waals surface area contributed by atoms with Gasteiger partial charge in [0.25, 0.3) is 0 Å². The summed E-state index contributed by atoms with van der Waals surface area (Å²) in [6, 6.07) is 3.95. The molecule has 172 valence electrons. The summed E-state index contributed by atoms with van der Waals surface area (Å²) >= 11 is 0. The van der Waals surface area contributed by atoms with Gasteiger partial charge in [-0.1, -0.05) is 19.9 Å². The van der Waals surface area contributed by atoms with Gasteiger partial charge in [-0.15, -0.1) is 0 Å². The van der Waals surface area contributed by atoms with E-state index in [0.717, 1.165) is 29.0 Å². The van der Waals surface area contributed by atoms with Crippen LogP contribution in [-0.2, 0) is 19.8 Å². The van der Waals surface area contributed by atoms with Crippen LogP contribution in [0, 0.1) is 11.3 Å². The van der Waals surface area contributed by atoms with Gasteiger partial charge < -0.3 is 20.3 Å². The Kier molecular flexibility index (Phi) is 3.14. The van der Waals surface area contributed by atoms with Crippen molar-refractivity contribution in [1.82, 2.24) is 10.2 Å². The van der Waals surface area contributed by atoms with Crippen LogP contribution in [0.5, 0.6) is 5.75 Å². The number of carbonyl (C=O) groups excluding carboxylic acids is 3. The minimum atomic E-state index is -1.03. The van der Waals surface area contributed by atoms with Gasteiger partial charge in [0, 0.05) is 18.0 Å². The molecule has 7 aliphatic rings.